The topological polar surface area (TPSA) is 49.3 Å². The van der Waals surface area contributed by atoms with Crippen molar-refractivity contribution in [1.82, 2.24) is 5.32 Å². The van der Waals surface area contributed by atoms with Crippen LogP contribution in [-0.2, 0) is 4.79 Å². The standard InChI is InChI=1S/C22H19F2NO2/c23-18-12-11-17(13-19(18)24)20(26)14-25-22(27)21(15-7-3-1-4-8-15)16-9-5-2-6-10-16/h1-13,20-21,26H,14H2,(H,25,27)/t20-/m0/s1. The van der Waals surface area contributed by atoms with Crippen LogP contribution >= 0.6 is 0 Å². The number of nitrogens with one attached hydrogen (secondary N) is 1. The average Bonchev–Trinajstić information content (AvgIpc) is 2.70. The summed E-state index contributed by atoms with van der Waals surface area (Å²) in [6, 6.07) is 21.8. The molecule has 0 radical (unpaired) electrons. The van der Waals surface area contributed by atoms with Crippen LogP contribution in [0.15, 0.2) is 78.9 Å². The molecule has 0 aromatic heterocycles. The zero-order valence-corrected chi connectivity index (χ0v) is 14.5. The van der Waals surface area contributed by atoms with Crippen LogP contribution in [0.4, 0.5) is 8.78 Å². The van der Waals surface area contributed by atoms with E-state index in [0.717, 1.165) is 23.3 Å². The van der Waals surface area contributed by atoms with Crippen LogP contribution in [-0.4, -0.2) is 17.6 Å². The van der Waals surface area contributed by atoms with E-state index >= 15 is 0 Å². The SMILES string of the molecule is O=C(NC[C@H](O)c1ccc(F)c(F)c1)C(c1ccccc1)c1ccccc1. The van der Waals surface area contributed by atoms with Gasteiger partial charge in [0, 0.05) is 6.54 Å². The van der Waals surface area contributed by atoms with E-state index in [0.29, 0.717) is 0 Å². The van der Waals surface area contributed by atoms with E-state index in [4.69, 9.17) is 0 Å². The Hall–Kier alpha value is -3.05. The van der Waals surface area contributed by atoms with E-state index in [1.807, 2.05) is 60.7 Å². The molecule has 2 N–H and O–H groups in total. The van der Waals surface area contributed by atoms with E-state index in [1.54, 1.807) is 0 Å². The van der Waals surface area contributed by atoms with Crippen molar-refractivity contribution in [1.29, 1.82) is 0 Å². The molecule has 1 atom stereocenters. The Morgan fingerprint density at radius 3 is 1.89 bits per heavy atom. The fraction of sp³-hybridized carbons (Fsp3) is 0.136. The number of hydrogen-bond donors (Lipinski definition) is 2. The van der Waals surface area contributed by atoms with Gasteiger partial charge in [0.2, 0.25) is 5.91 Å². The second kappa shape index (κ2) is 8.56. The van der Waals surface area contributed by atoms with E-state index in [2.05, 4.69) is 5.32 Å². The molecule has 0 aliphatic carbocycles. The summed E-state index contributed by atoms with van der Waals surface area (Å²) in [7, 11) is 0. The van der Waals surface area contributed by atoms with Gasteiger partial charge in [0.05, 0.1) is 12.0 Å². The Morgan fingerprint density at radius 1 is 0.815 bits per heavy atom. The molecule has 0 aliphatic heterocycles. The van der Waals surface area contributed by atoms with E-state index in [-0.39, 0.29) is 18.0 Å². The Morgan fingerprint density at radius 2 is 1.37 bits per heavy atom. The summed E-state index contributed by atoms with van der Waals surface area (Å²) in [5.41, 5.74) is 1.84. The Balaban J connectivity index is 1.76. The molecule has 0 fully saturated rings. The maximum Gasteiger partial charge on any atom is 0.232 e. The summed E-state index contributed by atoms with van der Waals surface area (Å²) in [5, 5.41) is 12.9. The molecule has 0 bridgehead atoms. The molecule has 27 heavy (non-hydrogen) atoms. The first kappa shape index (κ1) is 18.7. The first-order chi connectivity index (χ1) is 13.1. The van der Waals surface area contributed by atoms with Crippen molar-refractivity contribution < 1.29 is 18.7 Å². The van der Waals surface area contributed by atoms with Gasteiger partial charge in [0.15, 0.2) is 11.6 Å². The Labute approximate surface area is 156 Å². The minimum atomic E-state index is -1.14. The van der Waals surface area contributed by atoms with Gasteiger partial charge >= 0.3 is 0 Å². The summed E-state index contributed by atoms with van der Waals surface area (Å²) in [4.78, 5) is 12.8. The third-order valence-corrected chi connectivity index (χ3v) is 4.33. The molecule has 3 nitrogen and oxygen atoms in total. The highest BCUT2D eigenvalue weighted by Gasteiger charge is 2.23. The van der Waals surface area contributed by atoms with Gasteiger partial charge in [0.25, 0.3) is 0 Å². The first-order valence-corrected chi connectivity index (χ1v) is 8.57. The molecule has 0 spiro atoms. The summed E-state index contributed by atoms with van der Waals surface area (Å²) in [6.07, 6.45) is -1.14. The largest absolute Gasteiger partial charge is 0.387 e. The minimum absolute atomic E-state index is 0.111. The number of benzene rings is 3. The molecule has 1 amide bonds. The summed E-state index contributed by atoms with van der Waals surface area (Å²) >= 11 is 0. The van der Waals surface area contributed by atoms with Crippen LogP contribution in [0.2, 0.25) is 0 Å². The van der Waals surface area contributed by atoms with E-state index in [1.165, 1.54) is 6.07 Å². The van der Waals surface area contributed by atoms with Crippen LogP contribution in [0.25, 0.3) is 0 Å². The van der Waals surface area contributed by atoms with Gasteiger partial charge in [-0.1, -0.05) is 66.7 Å². The van der Waals surface area contributed by atoms with Gasteiger partial charge in [0.1, 0.15) is 0 Å². The summed E-state index contributed by atoms with van der Waals surface area (Å²) < 4.78 is 26.4. The number of carbonyl (C=O) groups excluding carboxylic acids is 1. The first-order valence-electron chi connectivity index (χ1n) is 8.57. The van der Waals surface area contributed by atoms with Crippen LogP contribution in [0.1, 0.15) is 28.7 Å². The van der Waals surface area contributed by atoms with Crippen molar-refractivity contribution in [2.24, 2.45) is 0 Å². The van der Waals surface area contributed by atoms with Gasteiger partial charge < -0.3 is 10.4 Å². The molecule has 3 rings (SSSR count). The van der Waals surface area contributed by atoms with Crippen LogP contribution in [0, 0.1) is 11.6 Å². The van der Waals surface area contributed by atoms with Gasteiger partial charge in [-0.15, -0.1) is 0 Å². The molecule has 0 heterocycles. The molecule has 0 aliphatic rings. The van der Waals surface area contributed by atoms with Crippen LogP contribution in [0.3, 0.4) is 0 Å². The van der Waals surface area contributed by atoms with Gasteiger partial charge in [-0.25, -0.2) is 8.78 Å². The number of hydrogen-bond acceptors (Lipinski definition) is 2. The molecule has 138 valence electrons. The van der Waals surface area contributed by atoms with Crippen molar-refractivity contribution in [3.8, 4) is 0 Å². The second-order valence-electron chi connectivity index (χ2n) is 6.19. The fourth-order valence-electron chi connectivity index (χ4n) is 2.92. The predicted molar refractivity (Wildman–Crippen MR) is 99.1 cm³/mol. The minimum Gasteiger partial charge on any atom is -0.387 e. The number of halogens is 2. The molecule has 0 saturated carbocycles. The number of aliphatic hydroxyl groups excluding tert-OH is 1. The lowest BCUT2D eigenvalue weighted by Crippen LogP contribution is -2.33. The van der Waals surface area contributed by atoms with Crippen LogP contribution < -0.4 is 5.32 Å². The number of aliphatic hydroxyl groups is 1. The molecule has 5 heteroatoms. The summed E-state index contributed by atoms with van der Waals surface area (Å²) in [6.45, 7) is -0.111. The monoisotopic (exact) mass is 367 g/mol. The third-order valence-electron chi connectivity index (χ3n) is 4.33. The molecule has 0 saturated heterocycles. The quantitative estimate of drug-likeness (QED) is 0.693. The number of carbonyl (C=O) groups is 1. The number of amides is 1. The van der Waals surface area contributed by atoms with Gasteiger partial charge in [-0.3, -0.25) is 4.79 Å². The van der Waals surface area contributed by atoms with Crippen molar-refractivity contribution >= 4 is 5.91 Å². The van der Waals surface area contributed by atoms with Gasteiger partial charge in [-0.2, -0.15) is 0 Å². The molecule has 3 aromatic rings. The lowest BCUT2D eigenvalue weighted by Gasteiger charge is -2.19. The maximum atomic E-state index is 13.3. The average molecular weight is 367 g/mol. The molecule has 3 aromatic carbocycles. The van der Waals surface area contributed by atoms with E-state index < -0.39 is 23.7 Å². The summed E-state index contributed by atoms with van der Waals surface area (Å²) in [5.74, 6) is -2.84. The maximum absolute atomic E-state index is 13.3. The zero-order valence-electron chi connectivity index (χ0n) is 14.5. The highest BCUT2D eigenvalue weighted by molar-refractivity contribution is 5.87. The van der Waals surface area contributed by atoms with Crippen molar-refractivity contribution in [3.05, 3.63) is 107 Å². The lowest BCUT2D eigenvalue weighted by molar-refractivity contribution is -0.122. The van der Waals surface area contributed by atoms with E-state index in [9.17, 15) is 18.7 Å². The Kier molecular flexibility index (Phi) is 5.94. The van der Waals surface area contributed by atoms with Crippen molar-refractivity contribution in [2.45, 2.75) is 12.0 Å². The van der Waals surface area contributed by atoms with Crippen molar-refractivity contribution in [2.75, 3.05) is 6.54 Å². The highest BCUT2D eigenvalue weighted by atomic mass is 19.2. The predicted octanol–water partition coefficient (Wildman–Crippen LogP) is 3.95. The Bertz CT molecular complexity index is 861. The second-order valence-corrected chi connectivity index (χ2v) is 6.19. The normalized spacial score (nSPS) is 12.0. The van der Waals surface area contributed by atoms with Gasteiger partial charge in [-0.05, 0) is 28.8 Å². The third kappa shape index (κ3) is 4.57. The van der Waals surface area contributed by atoms with Crippen molar-refractivity contribution in [3.63, 3.8) is 0 Å². The molecule has 0 unspecified atom stereocenters. The lowest BCUT2D eigenvalue weighted by atomic mass is 9.90. The molecular formula is C22H19F2NO2. The smallest absolute Gasteiger partial charge is 0.232 e. The van der Waals surface area contributed by atoms with Crippen LogP contribution in [0.5, 0.6) is 0 Å². The molecular weight excluding hydrogens is 348 g/mol. The number of rotatable bonds is 6. The fourth-order valence-corrected chi connectivity index (χ4v) is 2.92. The zero-order chi connectivity index (χ0) is 19.2. The highest BCUT2D eigenvalue weighted by Crippen LogP contribution is 2.25.